The van der Waals surface area contributed by atoms with Gasteiger partial charge in [-0.2, -0.15) is 5.10 Å². The van der Waals surface area contributed by atoms with Crippen LogP contribution in [0.5, 0.6) is 0 Å². The first-order valence-electron chi connectivity index (χ1n) is 5.08. The lowest BCUT2D eigenvalue weighted by Crippen LogP contribution is -1.94. The highest BCUT2D eigenvalue weighted by Gasteiger charge is 2.06. The normalized spacial score (nSPS) is 11.1. The highest BCUT2D eigenvalue weighted by atomic mass is 15.2. The highest BCUT2D eigenvalue weighted by Crippen LogP contribution is 2.18. The molecule has 74 valence electrons. The number of aryl methyl sites for hydroxylation is 4. The molecule has 0 saturated carbocycles. The molecule has 0 atom stereocenters. The van der Waals surface area contributed by atoms with Crippen molar-refractivity contribution >= 4 is 5.52 Å². The molecular weight excluding hydrogens is 172 g/mol. The van der Waals surface area contributed by atoms with Crippen LogP contribution in [0.1, 0.15) is 29.3 Å². The molecule has 2 nitrogen and oxygen atoms in total. The van der Waals surface area contributed by atoms with Gasteiger partial charge in [0.15, 0.2) is 0 Å². The molecule has 0 aliphatic rings. The molecule has 0 N–H and O–H groups in total. The SMILES string of the molecule is CCc1cn2nc(C)c(C)c2cc1C. The Morgan fingerprint density at radius 2 is 2.00 bits per heavy atom. The Kier molecular flexibility index (Phi) is 2.06. The van der Waals surface area contributed by atoms with Crippen molar-refractivity contribution in [3.05, 3.63) is 34.6 Å². The van der Waals surface area contributed by atoms with Crippen LogP contribution in [0.3, 0.4) is 0 Å². The molecule has 0 aromatic carbocycles. The van der Waals surface area contributed by atoms with Gasteiger partial charge in [0.05, 0.1) is 11.2 Å². The summed E-state index contributed by atoms with van der Waals surface area (Å²) in [5.74, 6) is 0. The maximum atomic E-state index is 4.48. The summed E-state index contributed by atoms with van der Waals surface area (Å²) in [7, 11) is 0. The first kappa shape index (κ1) is 9.25. The van der Waals surface area contributed by atoms with E-state index in [1.807, 2.05) is 4.52 Å². The largest absolute Gasteiger partial charge is 0.240 e. The minimum Gasteiger partial charge on any atom is -0.240 e. The van der Waals surface area contributed by atoms with E-state index in [4.69, 9.17) is 0 Å². The van der Waals surface area contributed by atoms with Gasteiger partial charge in [-0.05, 0) is 49.9 Å². The summed E-state index contributed by atoms with van der Waals surface area (Å²) in [6.07, 6.45) is 3.21. The first-order chi connectivity index (χ1) is 6.63. The van der Waals surface area contributed by atoms with Crippen LogP contribution in [0.4, 0.5) is 0 Å². The molecule has 2 heteroatoms. The van der Waals surface area contributed by atoms with Gasteiger partial charge in [-0.15, -0.1) is 0 Å². The van der Waals surface area contributed by atoms with E-state index in [0.717, 1.165) is 12.1 Å². The predicted octanol–water partition coefficient (Wildman–Crippen LogP) is 2.82. The third kappa shape index (κ3) is 1.22. The van der Waals surface area contributed by atoms with E-state index in [0.29, 0.717) is 0 Å². The lowest BCUT2D eigenvalue weighted by molar-refractivity contribution is 0.908. The third-order valence-electron chi connectivity index (χ3n) is 2.95. The van der Waals surface area contributed by atoms with Crippen LogP contribution in [-0.2, 0) is 6.42 Å². The fraction of sp³-hybridized carbons (Fsp3) is 0.417. The van der Waals surface area contributed by atoms with Gasteiger partial charge in [-0.25, -0.2) is 4.52 Å². The van der Waals surface area contributed by atoms with Crippen LogP contribution in [0, 0.1) is 20.8 Å². The smallest absolute Gasteiger partial charge is 0.0696 e. The maximum absolute atomic E-state index is 4.48. The zero-order valence-electron chi connectivity index (χ0n) is 9.26. The highest BCUT2D eigenvalue weighted by molar-refractivity contribution is 5.58. The molecule has 0 spiro atoms. The molecule has 2 rings (SSSR count). The summed E-state index contributed by atoms with van der Waals surface area (Å²) in [5, 5.41) is 4.48. The second kappa shape index (κ2) is 3.12. The monoisotopic (exact) mass is 188 g/mol. The lowest BCUT2D eigenvalue weighted by atomic mass is 10.1. The van der Waals surface area contributed by atoms with Crippen molar-refractivity contribution in [3.63, 3.8) is 0 Å². The number of fused-ring (bicyclic) bond motifs is 1. The second-order valence-corrected chi connectivity index (χ2v) is 3.88. The summed E-state index contributed by atoms with van der Waals surface area (Å²) < 4.78 is 2.00. The molecule has 2 aromatic rings. The fourth-order valence-corrected chi connectivity index (χ4v) is 1.84. The van der Waals surface area contributed by atoms with Gasteiger partial charge in [0, 0.05) is 6.20 Å². The molecule has 0 radical (unpaired) electrons. The van der Waals surface area contributed by atoms with E-state index in [1.165, 1.54) is 22.2 Å². The van der Waals surface area contributed by atoms with Crippen molar-refractivity contribution in [2.24, 2.45) is 0 Å². The number of hydrogen-bond acceptors (Lipinski definition) is 1. The van der Waals surface area contributed by atoms with Crippen molar-refractivity contribution < 1.29 is 0 Å². The molecule has 0 amide bonds. The van der Waals surface area contributed by atoms with E-state index < -0.39 is 0 Å². The van der Waals surface area contributed by atoms with Gasteiger partial charge >= 0.3 is 0 Å². The molecule has 0 bridgehead atoms. The van der Waals surface area contributed by atoms with E-state index in [1.54, 1.807) is 0 Å². The molecule has 2 heterocycles. The van der Waals surface area contributed by atoms with Crippen molar-refractivity contribution in [1.29, 1.82) is 0 Å². The van der Waals surface area contributed by atoms with Gasteiger partial charge in [0.2, 0.25) is 0 Å². The molecule has 0 fully saturated rings. The Bertz CT molecular complexity index is 481. The summed E-state index contributed by atoms with van der Waals surface area (Å²) in [6, 6.07) is 2.23. The van der Waals surface area contributed by atoms with Crippen molar-refractivity contribution in [2.45, 2.75) is 34.1 Å². The predicted molar refractivity (Wildman–Crippen MR) is 58.8 cm³/mol. The number of hydrogen-bond donors (Lipinski definition) is 0. The Hall–Kier alpha value is -1.31. The Morgan fingerprint density at radius 1 is 1.29 bits per heavy atom. The molecule has 0 aliphatic carbocycles. The Morgan fingerprint density at radius 3 is 2.64 bits per heavy atom. The number of nitrogens with zero attached hydrogens (tertiary/aromatic N) is 2. The van der Waals surface area contributed by atoms with E-state index in [2.05, 4.69) is 45.1 Å². The maximum Gasteiger partial charge on any atom is 0.0696 e. The van der Waals surface area contributed by atoms with E-state index >= 15 is 0 Å². The van der Waals surface area contributed by atoms with E-state index in [9.17, 15) is 0 Å². The summed E-state index contributed by atoms with van der Waals surface area (Å²) in [6.45, 7) is 8.53. The minimum absolute atomic E-state index is 1.07. The van der Waals surface area contributed by atoms with Gasteiger partial charge in [0.25, 0.3) is 0 Å². The second-order valence-electron chi connectivity index (χ2n) is 3.88. The summed E-state index contributed by atoms with van der Waals surface area (Å²) >= 11 is 0. The average Bonchev–Trinajstić information content (AvgIpc) is 2.43. The van der Waals surface area contributed by atoms with Crippen LogP contribution in [0.25, 0.3) is 5.52 Å². The molecule has 0 unspecified atom stereocenters. The zero-order chi connectivity index (χ0) is 10.3. The van der Waals surface area contributed by atoms with Gasteiger partial charge in [0.1, 0.15) is 0 Å². The van der Waals surface area contributed by atoms with Crippen LogP contribution >= 0.6 is 0 Å². The lowest BCUT2D eigenvalue weighted by Gasteiger charge is -2.03. The number of rotatable bonds is 1. The fourth-order valence-electron chi connectivity index (χ4n) is 1.84. The Balaban J connectivity index is 2.79. The molecular formula is C12H16N2. The van der Waals surface area contributed by atoms with Gasteiger partial charge in [-0.3, -0.25) is 0 Å². The Labute approximate surface area is 84.6 Å². The van der Waals surface area contributed by atoms with Crippen LogP contribution < -0.4 is 0 Å². The van der Waals surface area contributed by atoms with Crippen LogP contribution in [0.2, 0.25) is 0 Å². The number of pyridine rings is 1. The molecule has 0 aliphatic heterocycles. The average molecular weight is 188 g/mol. The molecule has 14 heavy (non-hydrogen) atoms. The standard InChI is InChI=1S/C12H16N2/c1-5-11-7-14-12(6-8(11)2)9(3)10(4)13-14/h6-7H,5H2,1-4H3. The third-order valence-corrected chi connectivity index (χ3v) is 2.95. The summed E-state index contributed by atoms with van der Waals surface area (Å²) in [5.41, 5.74) is 6.38. The van der Waals surface area contributed by atoms with Crippen molar-refractivity contribution in [1.82, 2.24) is 9.61 Å². The summed E-state index contributed by atoms with van der Waals surface area (Å²) in [4.78, 5) is 0. The molecule has 0 saturated heterocycles. The minimum atomic E-state index is 1.07. The first-order valence-corrected chi connectivity index (χ1v) is 5.08. The van der Waals surface area contributed by atoms with Crippen LogP contribution in [-0.4, -0.2) is 9.61 Å². The molecule has 2 aromatic heterocycles. The zero-order valence-corrected chi connectivity index (χ0v) is 9.26. The van der Waals surface area contributed by atoms with Gasteiger partial charge < -0.3 is 0 Å². The number of aromatic nitrogens is 2. The van der Waals surface area contributed by atoms with Crippen LogP contribution in [0.15, 0.2) is 12.3 Å². The van der Waals surface area contributed by atoms with Crippen molar-refractivity contribution in [3.8, 4) is 0 Å². The quantitative estimate of drug-likeness (QED) is 0.672. The van der Waals surface area contributed by atoms with E-state index in [-0.39, 0.29) is 0 Å². The topological polar surface area (TPSA) is 17.3 Å². The van der Waals surface area contributed by atoms with Crippen molar-refractivity contribution in [2.75, 3.05) is 0 Å². The van der Waals surface area contributed by atoms with Gasteiger partial charge in [-0.1, -0.05) is 6.92 Å².